The van der Waals surface area contributed by atoms with Crippen LogP contribution in [0.5, 0.6) is 5.75 Å². The fourth-order valence-corrected chi connectivity index (χ4v) is 4.13. The van der Waals surface area contributed by atoms with Crippen LogP contribution in [0.25, 0.3) is 10.1 Å². The van der Waals surface area contributed by atoms with Gasteiger partial charge in [-0.2, -0.15) is 0 Å². The molecule has 0 radical (unpaired) electrons. The summed E-state index contributed by atoms with van der Waals surface area (Å²) in [6, 6.07) is 12.1. The van der Waals surface area contributed by atoms with Crippen molar-refractivity contribution in [3.8, 4) is 5.75 Å². The molecule has 2 aromatic carbocycles. The summed E-state index contributed by atoms with van der Waals surface area (Å²) < 4.78 is 24.5. The maximum absolute atomic E-state index is 13.1. The van der Waals surface area contributed by atoms with Gasteiger partial charge >= 0.3 is 5.97 Å². The molecule has 2 aromatic heterocycles. The van der Waals surface area contributed by atoms with Crippen molar-refractivity contribution in [2.45, 2.75) is 6.61 Å². The highest BCUT2D eigenvalue weighted by Crippen LogP contribution is 2.30. The predicted octanol–water partition coefficient (Wildman–Crippen LogP) is 3.91. The lowest BCUT2D eigenvalue weighted by atomic mass is 10.2. The Morgan fingerprint density at radius 2 is 1.88 bits per heavy atom. The lowest BCUT2D eigenvalue weighted by Gasteiger charge is -2.09. The zero-order valence-corrected chi connectivity index (χ0v) is 18.4. The van der Waals surface area contributed by atoms with Gasteiger partial charge < -0.3 is 20.5 Å². The highest BCUT2D eigenvalue weighted by Gasteiger charge is 2.17. The smallest absolute Gasteiger partial charge is 0.341 e. The van der Waals surface area contributed by atoms with Crippen molar-refractivity contribution in [1.29, 1.82) is 0 Å². The fourth-order valence-electron chi connectivity index (χ4n) is 3.10. The van der Waals surface area contributed by atoms with Gasteiger partial charge in [0, 0.05) is 40.7 Å². The van der Waals surface area contributed by atoms with E-state index < -0.39 is 24.3 Å². The number of anilines is 1. The molecule has 0 bridgehead atoms. The van der Waals surface area contributed by atoms with Crippen molar-refractivity contribution < 1.29 is 28.2 Å². The summed E-state index contributed by atoms with van der Waals surface area (Å²) >= 11 is 1.33. The van der Waals surface area contributed by atoms with Crippen LogP contribution in [0, 0.1) is 5.82 Å². The van der Waals surface area contributed by atoms with Gasteiger partial charge in [-0.05, 0) is 41.8 Å². The maximum atomic E-state index is 13.1. The fraction of sp³-hybridized carbons (Fsp3) is 0.0833. The zero-order chi connectivity index (χ0) is 24.1. The number of hydrogen-bond donors (Lipinski definition) is 2. The molecule has 2 amide bonds. The van der Waals surface area contributed by atoms with Gasteiger partial charge in [0.25, 0.3) is 11.8 Å². The molecule has 0 atom stereocenters. The number of pyridine rings is 1. The van der Waals surface area contributed by atoms with Crippen LogP contribution >= 0.6 is 11.3 Å². The Kier molecular flexibility index (Phi) is 6.79. The minimum atomic E-state index is -0.746. The van der Waals surface area contributed by atoms with E-state index in [0.29, 0.717) is 21.7 Å². The van der Waals surface area contributed by atoms with Crippen LogP contribution in [0.1, 0.15) is 26.3 Å². The first kappa shape index (κ1) is 22.9. The summed E-state index contributed by atoms with van der Waals surface area (Å²) in [5.41, 5.74) is 6.91. The molecule has 0 aliphatic heterocycles. The minimum Gasteiger partial charge on any atom is -0.489 e. The Bertz CT molecular complexity index is 1370. The number of aromatic nitrogens is 1. The van der Waals surface area contributed by atoms with Crippen molar-refractivity contribution in [3.63, 3.8) is 0 Å². The van der Waals surface area contributed by atoms with Crippen LogP contribution in [0.2, 0.25) is 0 Å². The molecule has 0 aliphatic carbocycles. The average molecular weight is 479 g/mol. The maximum Gasteiger partial charge on any atom is 0.341 e. The Morgan fingerprint density at radius 3 is 2.65 bits per heavy atom. The van der Waals surface area contributed by atoms with Crippen molar-refractivity contribution in [2.75, 3.05) is 11.9 Å². The van der Waals surface area contributed by atoms with Crippen LogP contribution in [0.3, 0.4) is 0 Å². The number of fused-ring (bicyclic) bond motifs is 1. The number of amides is 2. The second kappa shape index (κ2) is 10.1. The molecule has 10 heteroatoms. The van der Waals surface area contributed by atoms with Crippen molar-refractivity contribution in [3.05, 3.63) is 88.8 Å². The van der Waals surface area contributed by atoms with Crippen molar-refractivity contribution in [1.82, 2.24) is 4.98 Å². The van der Waals surface area contributed by atoms with E-state index >= 15 is 0 Å². The van der Waals surface area contributed by atoms with Gasteiger partial charge in [-0.25, -0.2) is 9.18 Å². The summed E-state index contributed by atoms with van der Waals surface area (Å²) in [5, 5.41) is 5.31. The lowest BCUT2D eigenvalue weighted by molar-refractivity contribution is -0.121. The molecule has 0 aliphatic rings. The number of rotatable bonds is 8. The molecule has 0 saturated heterocycles. The van der Waals surface area contributed by atoms with Gasteiger partial charge in [-0.1, -0.05) is 6.07 Å². The normalized spacial score (nSPS) is 10.6. The quantitative estimate of drug-likeness (QED) is 0.370. The Morgan fingerprint density at radius 1 is 1.09 bits per heavy atom. The molecular formula is C24H18FN3O5S. The molecule has 172 valence electrons. The molecule has 3 N–H and O–H groups in total. The monoisotopic (exact) mass is 479 g/mol. The van der Waals surface area contributed by atoms with Gasteiger partial charge in [-0.15, -0.1) is 11.3 Å². The number of nitrogens with two attached hydrogens (primary N) is 1. The Labute approximate surface area is 197 Å². The summed E-state index contributed by atoms with van der Waals surface area (Å²) in [6.07, 6.45) is 2.99. The standard InChI is InChI=1S/C24H18FN3O5S/c25-16-6-4-14(5-7-16)23(30)28-17-2-1-3-18(8-17)32-11-15-13-34-22-19(15)9-27-10-20(22)24(31)33-12-21(26)29/h1-10,13H,11-12H2,(H2,26,29)(H,28,30). The third-order valence-electron chi connectivity index (χ3n) is 4.72. The first-order valence-electron chi connectivity index (χ1n) is 10.00. The van der Waals surface area contributed by atoms with Crippen molar-refractivity contribution >= 4 is 44.9 Å². The van der Waals surface area contributed by atoms with Crippen LogP contribution in [-0.4, -0.2) is 29.4 Å². The molecule has 0 saturated carbocycles. The summed E-state index contributed by atoms with van der Waals surface area (Å²) in [7, 11) is 0. The molecule has 0 unspecified atom stereocenters. The number of halogens is 1. The molecular weight excluding hydrogens is 461 g/mol. The number of ether oxygens (including phenoxy) is 2. The largest absolute Gasteiger partial charge is 0.489 e. The van der Waals surface area contributed by atoms with Gasteiger partial charge in [-0.3, -0.25) is 14.6 Å². The second-order valence-electron chi connectivity index (χ2n) is 7.14. The minimum absolute atomic E-state index is 0.191. The molecule has 0 spiro atoms. The number of thiophene rings is 1. The van der Waals surface area contributed by atoms with Gasteiger partial charge in [0.05, 0.1) is 10.3 Å². The molecule has 4 rings (SSSR count). The topological polar surface area (TPSA) is 121 Å². The highest BCUT2D eigenvalue weighted by atomic mass is 32.1. The van der Waals surface area contributed by atoms with E-state index in [9.17, 15) is 18.8 Å². The first-order valence-corrected chi connectivity index (χ1v) is 10.9. The Hall–Kier alpha value is -4.31. The molecule has 2 heterocycles. The van der Waals surface area contributed by atoms with E-state index in [1.54, 1.807) is 30.5 Å². The van der Waals surface area contributed by atoms with E-state index in [-0.39, 0.29) is 18.1 Å². The summed E-state index contributed by atoms with van der Waals surface area (Å²) in [5.74, 6) is -1.71. The number of esters is 1. The SMILES string of the molecule is NC(=O)COC(=O)c1cncc2c(COc3cccc(NC(=O)c4ccc(F)cc4)c3)csc12. The number of nitrogens with one attached hydrogen (secondary N) is 1. The number of primary amides is 1. The van der Waals surface area contributed by atoms with Crippen LogP contribution < -0.4 is 15.8 Å². The average Bonchev–Trinajstić information content (AvgIpc) is 3.25. The number of carbonyl (C=O) groups is 3. The summed E-state index contributed by atoms with van der Waals surface area (Å²) in [4.78, 5) is 39.6. The second-order valence-corrected chi connectivity index (χ2v) is 8.02. The molecule has 8 nitrogen and oxygen atoms in total. The third kappa shape index (κ3) is 5.36. The number of benzene rings is 2. The molecule has 0 fully saturated rings. The lowest BCUT2D eigenvalue weighted by Crippen LogP contribution is -2.21. The van der Waals surface area contributed by atoms with Crippen molar-refractivity contribution in [2.24, 2.45) is 5.73 Å². The predicted molar refractivity (Wildman–Crippen MR) is 124 cm³/mol. The number of carbonyl (C=O) groups excluding carboxylic acids is 3. The zero-order valence-electron chi connectivity index (χ0n) is 17.6. The molecule has 34 heavy (non-hydrogen) atoms. The van der Waals surface area contributed by atoms with Gasteiger partial charge in [0.15, 0.2) is 6.61 Å². The van der Waals surface area contributed by atoms with Crippen LogP contribution in [-0.2, 0) is 16.1 Å². The van der Waals surface area contributed by atoms with E-state index in [1.807, 2.05) is 5.38 Å². The number of nitrogens with zero attached hydrogens (tertiary/aromatic N) is 1. The van der Waals surface area contributed by atoms with Crippen LogP contribution in [0.15, 0.2) is 66.3 Å². The highest BCUT2D eigenvalue weighted by molar-refractivity contribution is 7.17. The van der Waals surface area contributed by atoms with Gasteiger partial charge in [0.2, 0.25) is 0 Å². The first-order chi connectivity index (χ1) is 16.4. The van der Waals surface area contributed by atoms with Gasteiger partial charge in [0.1, 0.15) is 18.2 Å². The summed E-state index contributed by atoms with van der Waals surface area (Å²) in [6.45, 7) is -0.318. The van der Waals surface area contributed by atoms with Crippen LogP contribution in [0.4, 0.5) is 10.1 Å². The van der Waals surface area contributed by atoms with E-state index in [4.69, 9.17) is 15.2 Å². The van der Waals surface area contributed by atoms with E-state index in [1.165, 1.54) is 41.8 Å². The molecule has 4 aromatic rings. The number of hydrogen-bond acceptors (Lipinski definition) is 7. The Balaban J connectivity index is 1.44. The van der Waals surface area contributed by atoms with E-state index in [2.05, 4.69) is 10.3 Å². The third-order valence-corrected chi connectivity index (χ3v) is 5.80. The van der Waals surface area contributed by atoms with E-state index in [0.717, 1.165) is 10.9 Å².